The van der Waals surface area contributed by atoms with Gasteiger partial charge in [0.15, 0.2) is 13.5 Å². The van der Waals surface area contributed by atoms with Crippen molar-refractivity contribution in [2.24, 2.45) is 5.92 Å². The Bertz CT molecular complexity index is 1450. The lowest BCUT2D eigenvalue weighted by atomic mass is 9.94. The van der Waals surface area contributed by atoms with Gasteiger partial charge in [0.2, 0.25) is 9.84 Å². The van der Waals surface area contributed by atoms with E-state index in [9.17, 15) is 8.42 Å². The van der Waals surface area contributed by atoms with Gasteiger partial charge in [-0.3, -0.25) is 0 Å². The first-order chi connectivity index (χ1) is 17.5. The number of sulfone groups is 1. The topological polar surface area (TPSA) is 59.1 Å². The molecule has 0 saturated carbocycles. The molecule has 0 fully saturated rings. The van der Waals surface area contributed by atoms with Crippen LogP contribution in [0, 0.1) is 5.92 Å². The van der Waals surface area contributed by atoms with Crippen molar-refractivity contribution in [2.45, 2.75) is 24.8 Å². The van der Waals surface area contributed by atoms with Crippen LogP contribution in [0.1, 0.15) is 18.9 Å². The number of allylic oxidation sites excluding steroid dienone is 2. The van der Waals surface area contributed by atoms with Crippen LogP contribution in [0.5, 0.6) is 5.75 Å². The van der Waals surface area contributed by atoms with Crippen LogP contribution in [0.25, 0.3) is 0 Å². The Kier molecular flexibility index (Phi) is 5.72. The van der Waals surface area contributed by atoms with Gasteiger partial charge in [0.25, 0.3) is 0 Å². The Hall–Kier alpha value is -3.71. The molecule has 7 heteroatoms. The van der Waals surface area contributed by atoms with E-state index in [4.69, 9.17) is 9.47 Å². The number of hydrogen-bond donors (Lipinski definition) is 0. The molecule has 6 nitrogen and oxygen atoms in total. The van der Waals surface area contributed by atoms with Gasteiger partial charge >= 0.3 is 0 Å². The summed E-state index contributed by atoms with van der Waals surface area (Å²) in [7, 11) is -3.66. The number of nitrogens with zero attached hydrogens (tertiary/aromatic N) is 2. The SMILES string of the molecule is CC1CC(S(=O)(=O)c2ccc3c(c2)CN(c2ccccc2)CO3)=CC2=C1OCN(c1ccccc1)C2. The van der Waals surface area contributed by atoms with Crippen LogP contribution >= 0.6 is 0 Å². The van der Waals surface area contributed by atoms with Gasteiger partial charge in [-0.1, -0.05) is 43.3 Å². The van der Waals surface area contributed by atoms with E-state index in [0.717, 1.165) is 34.0 Å². The maximum Gasteiger partial charge on any atom is 0.202 e. The molecule has 0 N–H and O–H groups in total. The van der Waals surface area contributed by atoms with Gasteiger partial charge in [0.05, 0.1) is 9.80 Å². The lowest BCUT2D eigenvalue weighted by Gasteiger charge is -2.36. The van der Waals surface area contributed by atoms with E-state index in [1.165, 1.54) is 0 Å². The molecule has 2 heterocycles. The number of hydrogen-bond acceptors (Lipinski definition) is 6. The summed E-state index contributed by atoms with van der Waals surface area (Å²) in [5, 5.41) is 0. The molecule has 1 aliphatic carbocycles. The van der Waals surface area contributed by atoms with Crippen LogP contribution in [0.2, 0.25) is 0 Å². The molecular formula is C29H28N2O4S. The van der Waals surface area contributed by atoms with E-state index >= 15 is 0 Å². The van der Waals surface area contributed by atoms with Crippen molar-refractivity contribution >= 4 is 21.2 Å². The Morgan fingerprint density at radius 1 is 0.806 bits per heavy atom. The average Bonchev–Trinajstić information content (AvgIpc) is 2.93. The predicted octanol–water partition coefficient (Wildman–Crippen LogP) is 5.49. The van der Waals surface area contributed by atoms with E-state index in [2.05, 4.69) is 9.80 Å². The number of fused-ring (bicyclic) bond motifs is 1. The van der Waals surface area contributed by atoms with Crippen LogP contribution < -0.4 is 14.5 Å². The summed E-state index contributed by atoms with van der Waals surface area (Å²) in [6, 6.07) is 25.3. The summed E-state index contributed by atoms with van der Waals surface area (Å²) in [6.07, 6.45) is 2.25. The van der Waals surface area contributed by atoms with Crippen molar-refractivity contribution in [1.82, 2.24) is 0 Å². The highest BCUT2D eigenvalue weighted by molar-refractivity contribution is 7.95. The van der Waals surface area contributed by atoms with Crippen LogP contribution in [-0.2, 0) is 21.1 Å². The van der Waals surface area contributed by atoms with E-state index in [1.54, 1.807) is 18.2 Å². The first-order valence-corrected chi connectivity index (χ1v) is 13.6. The Labute approximate surface area is 212 Å². The molecule has 0 saturated heterocycles. The summed E-state index contributed by atoms with van der Waals surface area (Å²) in [5.74, 6) is 1.64. The van der Waals surface area contributed by atoms with Crippen LogP contribution in [-0.4, -0.2) is 28.4 Å². The zero-order chi connectivity index (χ0) is 24.7. The van der Waals surface area contributed by atoms with Crippen molar-refractivity contribution in [1.29, 1.82) is 0 Å². The van der Waals surface area contributed by atoms with Crippen molar-refractivity contribution in [3.8, 4) is 5.75 Å². The highest BCUT2D eigenvalue weighted by Gasteiger charge is 2.33. The van der Waals surface area contributed by atoms with E-state index in [0.29, 0.717) is 42.8 Å². The molecule has 3 aliphatic rings. The molecule has 3 aromatic rings. The van der Waals surface area contributed by atoms with Gasteiger partial charge in [0, 0.05) is 41.5 Å². The smallest absolute Gasteiger partial charge is 0.202 e. The standard InChI is InChI=1S/C29H28N2O4S/c1-21-14-27(16-23-18-31(20-35-29(21)23)25-10-6-3-7-11-25)36(32,33)26-12-13-28-22(15-26)17-30(19-34-28)24-8-4-2-5-9-24/h2-13,15-16,21H,14,17-20H2,1H3. The number of anilines is 2. The Morgan fingerprint density at radius 2 is 1.44 bits per heavy atom. The average molecular weight is 501 g/mol. The van der Waals surface area contributed by atoms with E-state index in [-0.39, 0.29) is 5.92 Å². The minimum absolute atomic E-state index is 0.00207. The fourth-order valence-corrected chi connectivity index (χ4v) is 6.74. The molecule has 0 bridgehead atoms. The molecule has 6 rings (SSSR count). The van der Waals surface area contributed by atoms with Crippen molar-refractivity contribution in [3.63, 3.8) is 0 Å². The summed E-state index contributed by atoms with van der Waals surface area (Å²) in [5.41, 5.74) is 3.89. The van der Waals surface area contributed by atoms with E-state index < -0.39 is 9.84 Å². The molecule has 0 aromatic heterocycles. The maximum atomic E-state index is 13.8. The first kappa shape index (κ1) is 22.7. The lowest BCUT2D eigenvalue weighted by molar-refractivity contribution is 0.163. The molecular weight excluding hydrogens is 472 g/mol. The van der Waals surface area contributed by atoms with Gasteiger partial charge in [0.1, 0.15) is 11.5 Å². The third-order valence-electron chi connectivity index (χ3n) is 7.01. The Morgan fingerprint density at radius 3 is 2.14 bits per heavy atom. The van der Waals surface area contributed by atoms with E-state index in [1.807, 2.05) is 73.7 Å². The predicted molar refractivity (Wildman–Crippen MR) is 140 cm³/mol. The number of benzene rings is 3. The van der Waals surface area contributed by atoms with Gasteiger partial charge in [-0.2, -0.15) is 0 Å². The third-order valence-corrected chi connectivity index (χ3v) is 8.86. The molecule has 0 spiro atoms. The van der Waals surface area contributed by atoms with Gasteiger partial charge in [-0.15, -0.1) is 0 Å². The molecule has 3 aromatic carbocycles. The van der Waals surface area contributed by atoms with Gasteiger partial charge < -0.3 is 19.3 Å². The molecule has 1 unspecified atom stereocenters. The number of para-hydroxylation sites is 2. The maximum absolute atomic E-state index is 13.8. The summed E-state index contributed by atoms with van der Waals surface area (Å²) < 4.78 is 39.6. The zero-order valence-electron chi connectivity index (χ0n) is 20.1. The summed E-state index contributed by atoms with van der Waals surface area (Å²) in [4.78, 5) is 4.95. The zero-order valence-corrected chi connectivity index (χ0v) is 20.9. The quantitative estimate of drug-likeness (QED) is 0.472. The molecule has 184 valence electrons. The third kappa shape index (κ3) is 4.13. The van der Waals surface area contributed by atoms with Gasteiger partial charge in [-0.25, -0.2) is 8.42 Å². The largest absolute Gasteiger partial charge is 0.477 e. The summed E-state index contributed by atoms with van der Waals surface area (Å²) >= 11 is 0. The van der Waals surface area contributed by atoms with Gasteiger partial charge in [-0.05, 0) is 55.0 Å². The fourth-order valence-electron chi connectivity index (χ4n) is 5.13. The Balaban J connectivity index is 1.29. The van der Waals surface area contributed by atoms with Crippen molar-refractivity contribution in [2.75, 3.05) is 29.8 Å². The number of rotatable bonds is 4. The fraction of sp³-hybridized carbons (Fsp3) is 0.241. The minimum Gasteiger partial charge on any atom is -0.477 e. The highest BCUT2D eigenvalue weighted by atomic mass is 32.2. The van der Waals surface area contributed by atoms with Crippen molar-refractivity contribution < 1.29 is 17.9 Å². The molecule has 36 heavy (non-hydrogen) atoms. The number of ether oxygens (including phenoxy) is 2. The van der Waals surface area contributed by atoms with Crippen LogP contribution in [0.3, 0.4) is 0 Å². The molecule has 0 radical (unpaired) electrons. The highest BCUT2D eigenvalue weighted by Crippen LogP contribution is 2.39. The molecule has 2 aliphatic heterocycles. The second kappa shape index (κ2) is 9.06. The summed E-state index contributed by atoms with van der Waals surface area (Å²) in [6.45, 7) is 4.14. The molecule has 1 atom stereocenters. The second-order valence-corrected chi connectivity index (χ2v) is 11.5. The monoisotopic (exact) mass is 500 g/mol. The minimum atomic E-state index is -3.66. The van der Waals surface area contributed by atoms with Crippen LogP contribution in [0.4, 0.5) is 11.4 Å². The lowest BCUT2D eigenvalue weighted by Crippen LogP contribution is -2.35. The normalized spacial score (nSPS) is 19.6. The van der Waals surface area contributed by atoms with Crippen molar-refractivity contribution in [3.05, 3.63) is 107 Å². The first-order valence-electron chi connectivity index (χ1n) is 12.2. The second-order valence-electron chi connectivity index (χ2n) is 9.49. The molecule has 0 amide bonds. The van der Waals surface area contributed by atoms with Crippen LogP contribution in [0.15, 0.2) is 106 Å².